The lowest BCUT2D eigenvalue weighted by molar-refractivity contribution is -0.140. The van der Waals surface area contributed by atoms with Crippen LogP contribution in [0.5, 0.6) is 5.88 Å². The Kier molecular flexibility index (Phi) is 3.58. The molecule has 3 heterocycles. The fraction of sp³-hybridized carbons (Fsp3) is 0.308. The van der Waals surface area contributed by atoms with Crippen molar-refractivity contribution in [1.82, 2.24) is 19.9 Å². The monoisotopic (exact) mass is 328 g/mol. The molecule has 122 valence electrons. The number of nitrogens with one attached hydrogen (secondary N) is 2. The first-order valence-corrected chi connectivity index (χ1v) is 6.60. The van der Waals surface area contributed by atoms with Crippen molar-refractivity contribution in [3.63, 3.8) is 0 Å². The van der Waals surface area contributed by atoms with Crippen LogP contribution in [0, 0.1) is 0 Å². The van der Waals surface area contributed by atoms with E-state index in [-0.39, 0.29) is 18.8 Å². The quantitative estimate of drug-likeness (QED) is 0.880. The summed E-state index contributed by atoms with van der Waals surface area (Å²) in [6.07, 6.45) is -2.70. The number of rotatable bonds is 3. The van der Waals surface area contributed by atoms with Crippen LogP contribution in [0.4, 0.5) is 13.2 Å². The number of ether oxygens (including phenoxy) is 1. The van der Waals surface area contributed by atoms with E-state index in [1.807, 2.05) is 0 Å². The third-order valence-corrected chi connectivity index (χ3v) is 3.32. The van der Waals surface area contributed by atoms with Gasteiger partial charge in [0.2, 0.25) is 5.88 Å². The zero-order chi connectivity index (χ0) is 16.6. The van der Waals surface area contributed by atoms with Crippen LogP contribution in [0.15, 0.2) is 29.3 Å². The second kappa shape index (κ2) is 5.45. The maximum atomic E-state index is 12.8. The van der Waals surface area contributed by atoms with E-state index < -0.39 is 35.3 Å². The number of carbonyl (C=O) groups excluding carboxylic acids is 1. The molecular formula is C13H11F3N4O3. The van der Waals surface area contributed by atoms with Gasteiger partial charge in [-0.25, -0.2) is 9.78 Å². The highest BCUT2D eigenvalue weighted by molar-refractivity contribution is 5.92. The van der Waals surface area contributed by atoms with Crippen LogP contribution in [0.2, 0.25) is 0 Å². The fourth-order valence-corrected chi connectivity index (χ4v) is 2.15. The number of hydrogen-bond acceptors (Lipinski definition) is 4. The standard InChI is InChI=1S/C13H11F3N4O3/c14-13(15,16)8-2-1-3-17-10(8)23-7-5-20(6-7)11(21)9-4-18-12(22)19-9/h1-4,7H,5-6H2,(H2,18,19,22). The minimum Gasteiger partial charge on any atom is -0.470 e. The van der Waals surface area contributed by atoms with Crippen molar-refractivity contribution in [3.8, 4) is 5.88 Å². The second-order valence-electron chi connectivity index (χ2n) is 4.96. The Morgan fingerprint density at radius 1 is 1.39 bits per heavy atom. The Morgan fingerprint density at radius 3 is 2.74 bits per heavy atom. The van der Waals surface area contributed by atoms with Crippen LogP contribution in [-0.4, -0.2) is 45.0 Å². The molecule has 0 bridgehead atoms. The van der Waals surface area contributed by atoms with Crippen molar-refractivity contribution in [3.05, 3.63) is 46.3 Å². The molecule has 3 rings (SSSR count). The van der Waals surface area contributed by atoms with Crippen molar-refractivity contribution in [2.75, 3.05) is 13.1 Å². The maximum absolute atomic E-state index is 12.8. The lowest BCUT2D eigenvalue weighted by Gasteiger charge is -2.38. The number of imidazole rings is 1. The Bertz CT molecular complexity index is 777. The zero-order valence-electron chi connectivity index (χ0n) is 11.6. The molecule has 10 heteroatoms. The lowest BCUT2D eigenvalue weighted by Crippen LogP contribution is -2.56. The molecule has 0 radical (unpaired) electrons. The largest absolute Gasteiger partial charge is 0.470 e. The van der Waals surface area contributed by atoms with Gasteiger partial charge < -0.3 is 19.6 Å². The summed E-state index contributed by atoms with van der Waals surface area (Å²) in [4.78, 5) is 32.5. The van der Waals surface area contributed by atoms with Crippen molar-refractivity contribution < 1.29 is 22.7 Å². The molecule has 2 aromatic heterocycles. The molecule has 1 aliphatic rings. The third kappa shape index (κ3) is 3.05. The van der Waals surface area contributed by atoms with Crippen molar-refractivity contribution >= 4 is 5.91 Å². The number of aromatic amines is 2. The molecule has 1 saturated heterocycles. The maximum Gasteiger partial charge on any atom is 0.421 e. The molecule has 0 atom stereocenters. The van der Waals surface area contributed by atoms with Gasteiger partial charge in [-0.2, -0.15) is 13.2 Å². The second-order valence-corrected chi connectivity index (χ2v) is 4.96. The van der Waals surface area contributed by atoms with Crippen LogP contribution in [0.1, 0.15) is 16.1 Å². The zero-order valence-corrected chi connectivity index (χ0v) is 11.6. The molecule has 7 nitrogen and oxygen atoms in total. The van der Waals surface area contributed by atoms with Gasteiger partial charge in [-0.3, -0.25) is 4.79 Å². The molecule has 0 spiro atoms. The predicted molar refractivity (Wildman–Crippen MR) is 71.0 cm³/mol. The van der Waals surface area contributed by atoms with E-state index in [0.717, 1.165) is 6.07 Å². The summed E-state index contributed by atoms with van der Waals surface area (Å²) in [6.45, 7) is 0.222. The van der Waals surface area contributed by atoms with Gasteiger partial charge in [0.15, 0.2) is 0 Å². The van der Waals surface area contributed by atoms with E-state index in [2.05, 4.69) is 15.0 Å². The van der Waals surface area contributed by atoms with Gasteiger partial charge in [-0.15, -0.1) is 0 Å². The van der Waals surface area contributed by atoms with E-state index >= 15 is 0 Å². The summed E-state index contributed by atoms with van der Waals surface area (Å²) >= 11 is 0. The first-order chi connectivity index (χ1) is 10.8. The molecule has 0 saturated carbocycles. The topological polar surface area (TPSA) is 91.1 Å². The number of hydrogen-bond donors (Lipinski definition) is 2. The highest BCUT2D eigenvalue weighted by Crippen LogP contribution is 2.35. The molecule has 2 N–H and O–H groups in total. The first kappa shape index (κ1) is 15.1. The average molecular weight is 328 g/mol. The number of likely N-dealkylation sites (tertiary alicyclic amines) is 1. The highest BCUT2D eigenvalue weighted by atomic mass is 19.4. The molecule has 1 fully saturated rings. The molecule has 2 aromatic rings. The minimum atomic E-state index is -4.56. The fourth-order valence-electron chi connectivity index (χ4n) is 2.15. The molecule has 1 amide bonds. The Labute approximate surface area is 127 Å². The van der Waals surface area contributed by atoms with Gasteiger partial charge in [0.25, 0.3) is 5.91 Å². The van der Waals surface area contributed by atoms with Gasteiger partial charge in [0.05, 0.1) is 13.1 Å². The number of carbonyl (C=O) groups is 1. The third-order valence-electron chi connectivity index (χ3n) is 3.32. The number of amides is 1. The van der Waals surface area contributed by atoms with E-state index in [1.165, 1.54) is 23.4 Å². The summed E-state index contributed by atoms with van der Waals surface area (Å²) < 4.78 is 43.7. The van der Waals surface area contributed by atoms with E-state index in [0.29, 0.717) is 0 Å². The average Bonchev–Trinajstić information content (AvgIpc) is 2.88. The molecule has 0 aromatic carbocycles. The number of H-pyrrole nitrogens is 2. The molecule has 0 unspecified atom stereocenters. The number of alkyl halides is 3. The predicted octanol–water partition coefficient (Wildman–Crippen LogP) is 1.02. The van der Waals surface area contributed by atoms with Gasteiger partial charge in [-0.1, -0.05) is 0 Å². The Hall–Kier alpha value is -2.78. The van der Waals surface area contributed by atoms with Gasteiger partial charge in [0.1, 0.15) is 17.4 Å². The van der Waals surface area contributed by atoms with Crippen LogP contribution in [-0.2, 0) is 6.18 Å². The van der Waals surface area contributed by atoms with Crippen LogP contribution < -0.4 is 10.4 Å². The van der Waals surface area contributed by atoms with Crippen molar-refractivity contribution in [2.24, 2.45) is 0 Å². The summed E-state index contributed by atoms with van der Waals surface area (Å²) in [5.41, 5.74) is -1.38. The molecule has 1 aliphatic heterocycles. The molecule has 23 heavy (non-hydrogen) atoms. The lowest BCUT2D eigenvalue weighted by atomic mass is 10.1. The first-order valence-electron chi connectivity index (χ1n) is 6.60. The number of halogens is 3. The number of aromatic nitrogens is 3. The highest BCUT2D eigenvalue weighted by Gasteiger charge is 2.38. The summed E-state index contributed by atoms with van der Waals surface area (Å²) in [5, 5.41) is 0. The van der Waals surface area contributed by atoms with Crippen molar-refractivity contribution in [1.29, 1.82) is 0 Å². The van der Waals surface area contributed by atoms with Gasteiger partial charge >= 0.3 is 11.9 Å². The smallest absolute Gasteiger partial charge is 0.421 e. The van der Waals surface area contributed by atoms with Crippen LogP contribution in [0.25, 0.3) is 0 Å². The van der Waals surface area contributed by atoms with Crippen LogP contribution in [0.3, 0.4) is 0 Å². The van der Waals surface area contributed by atoms with Gasteiger partial charge in [0, 0.05) is 12.4 Å². The summed E-state index contributed by atoms with van der Waals surface area (Å²) in [5.74, 6) is -0.938. The van der Waals surface area contributed by atoms with Gasteiger partial charge in [-0.05, 0) is 12.1 Å². The SMILES string of the molecule is O=C(c1c[nH]c(=O)[nH]1)N1CC(Oc2ncccc2C(F)(F)F)C1. The van der Waals surface area contributed by atoms with Crippen molar-refractivity contribution in [2.45, 2.75) is 12.3 Å². The number of nitrogens with zero attached hydrogens (tertiary/aromatic N) is 2. The van der Waals surface area contributed by atoms with E-state index in [1.54, 1.807) is 0 Å². The number of pyridine rings is 1. The Balaban J connectivity index is 1.63. The molecular weight excluding hydrogens is 317 g/mol. The Morgan fingerprint density at radius 2 is 2.13 bits per heavy atom. The normalized spacial score (nSPS) is 15.3. The van der Waals surface area contributed by atoms with E-state index in [4.69, 9.17) is 4.74 Å². The van der Waals surface area contributed by atoms with Crippen LogP contribution >= 0.6 is 0 Å². The summed E-state index contributed by atoms with van der Waals surface area (Å²) in [6, 6.07) is 2.06. The summed E-state index contributed by atoms with van der Waals surface area (Å²) in [7, 11) is 0. The van der Waals surface area contributed by atoms with E-state index in [9.17, 15) is 22.8 Å². The molecule has 0 aliphatic carbocycles. The minimum absolute atomic E-state index is 0.0854.